The van der Waals surface area contributed by atoms with Gasteiger partial charge in [-0.25, -0.2) is 4.79 Å². The number of carbonyl (C=O) groups is 1. The number of H-pyrrole nitrogens is 1. The molecule has 5 heteroatoms. The van der Waals surface area contributed by atoms with Crippen LogP contribution in [-0.4, -0.2) is 22.8 Å². The molecule has 0 saturated carbocycles. The van der Waals surface area contributed by atoms with Crippen LogP contribution in [0.15, 0.2) is 4.60 Å². The Morgan fingerprint density at radius 3 is 2.69 bits per heavy atom. The summed E-state index contributed by atoms with van der Waals surface area (Å²) < 4.78 is 5.32. The van der Waals surface area contributed by atoms with Gasteiger partial charge in [-0.1, -0.05) is 7.43 Å². The van der Waals surface area contributed by atoms with Crippen LogP contribution in [0, 0.1) is 6.92 Å². The number of nitrogens with zero attached hydrogens (tertiary/aromatic N) is 1. The average Bonchev–Trinajstić information content (AvgIpc) is 2.32. The number of hydrogen-bond acceptors (Lipinski definition) is 3. The SMILES string of the molecule is C.CCOC(=O)c1c(Br)n[nH]c1C. The van der Waals surface area contributed by atoms with E-state index >= 15 is 0 Å². The number of nitrogens with one attached hydrogen (secondary N) is 1. The summed E-state index contributed by atoms with van der Waals surface area (Å²) in [5.41, 5.74) is 1.18. The molecule has 0 spiro atoms. The first-order valence-electron chi connectivity index (χ1n) is 3.54. The minimum Gasteiger partial charge on any atom is -0.462 e. The molecule has 13 heavy (non-hydrogen) atoms. The summed E-state index contributed by atoms with van der Waals surface area (Å²) in [5.74, 6) is -0.351. The number of ether oxygens (including phenoxy) is 1. The number of hydrogen-bond donors (Lipinski definition) is 1. The van der Waals surface area contributed by atoms with Gasteiger partial charge in [-0.2, -0.15) is 5.10 Å². The van der Waals surface area contributed by atoms with Gasteiger partial charge in [0.05, 0.1) is 6.61 Å². The van der Waals surface area contributed by atoms with E-state index in [4.69, 9.17) is 4.74 Å². The van der Waals surface area contributed by atoms with Crippen molar-refractivity contribution in [2.75, 3.05) is 6.61 Å². The van der Waals surface area contributed by atoms with Crippen LogP contribution >= 0.6 is 15.9 Å². The molecule has 0 aliphatic rings. The first-order chi connectivity index (χ1) is 5.66. The van der Waals surface area contributed by atoms with Crippen molar-refractivity contribution in [1.82, 2.24) is 10.2 Å². The molecule has 0 aliphatic carbocycles. The lowest BCUT2D eigenvalue weighted by atomic mass is 10.3. The molecule has 1 heterocycles. The van der Waals surface area contributed by atoms with Gasteiger partial charge in [0.2, 0.25) is 0 Å². The van der Waals surface area contributed by atoms with Crippen LogP contribution in [0.2, 0.25) is 0 Å². The quantitative estimate of drug-likeness (QED) is 0.818. The van der Waals surface area contributed by atoms with E-state index in [1.807, 2.05) is 0 Å². The molecule has 1 aromatic heterocycles. The lowest BCUT2D eigenvalue weighted by molar-refractivity contribution is 0.0524. The topological polar surface area (TPSA) is 55.0 Å². The Morgan fingerprint density at radius 2 is 2.31 bits per heavy atom. The van der Waals surface area contributed by atoms with Crippen LogP contribution in [0.5, 0.6) is 0 Å². The maximum Gasteiger partial charge on any atom is 0.342 e. The third kappa shape index (κ3) is 2.55. The Balaban J connectivity index is 0.00000144. The number of esters is 1. The number of rotatable bonds is 2. The molecule has 0 saturated heterocycles. The molecule has 0 fully saturated rings. The van der Waals surface area contributed by atoms with Gasteiger partial charge in [0.1, 0.15) is 10.2 Å². The van der Waals surface area contributed by atoms with Crippen molar-refractivity contribution in [3.8, 4) is 0 Å². The molecule has 4 nitrogen and oxygen atoms in total. The number of carbonyl (C=O) groups excluding carboxylic acids is 1. The number of aromatic nitrogens is 2. The largest absolute Gasteiger partial charge is 0.462 e. The summed E-state index contributed by atoms with van der Waals surface area (Å²) in [6.07, 6.45) is 0. The second-order valence-electron chi connectivity index (χ2n) is 2.23. The fourth-order valence-electron chi connectivity index (χ4n) is 0.840. The fourth-order valence-corrected chi connectivity index (χ4v) is 1.39. The van der Waals surface area contributed by atoms with Crippen LogP contribution in [0.4, 0.5) is 0 Å². The molecule has 0 unspecified atom stereocenters. The molecule has 0 radical (unpaired) electrons. The number of halogens is 1. The van der Waals surface area contributed by atoms with E-state index in [9.17, 15) is 4.79 Å². The van der Waals surface area contributed by atoms with Gasteiger partial charge in [-0.3, -0.25) is 5.10 Å². The minimum absolute atomic E-state index is 0. The predicted octanol–water partition coefficient (Wildman–Crippen LogP) is 2.29. The zero-order valence-corrected chi connectivity index (χ0v) is 8.43. The first-order valence-corrected chi connectivity index (χ1v) is 4.33. The zero-order chi connectivity index (χ0) is 9.14. The molecule has 1 N–H and O–H groups in total. The Morgan fingerprint density at radius 1 is 1.69 bits per heavy atom. The fraction of sp³-hybridized carbons (Fsp3) is 0.500. The van der Waals surface area contributed by atoms with E-state index in [2.05, 4.69) is 26.1 Å². The lowest BCUT2D eigenvalue weighted by Crippen LogP contribution is -2.05. The van der Waals surface area contributed by atoms with E-state index in [-0.39, 0.29) is 13.4 Å². The first kappa shape index (κ1) is 12.2. The molecule has 0 aliphatic heterocycles. The van der Waals surface area contributed by atoms with Crippen molar-refractivity contribution >= 4 is 21.9 Å². The Bertz CT molecular complexity index is 277. The smallest absolute Gasteiger partial charge is 0.342 e. The van der Waals surface area contributed by atoms with Crippen molar-refractivity contribution in [1.29, 1.82) is 0 Å². The minimum atomic E-state index is -0.351. The van der Waals surface area contributed by atoms with Crippen molar-refractivity contribution in [2.45, 2.75) is 21.3 Å². The molecular formula is C8H13BrN2O2. The third-order valence-corrected chi connectivity index (χ3v) is 1.96. The highest BCUT2D eigenvalue weighted by Gasteiger charge is 2.16. The van der Waals surface area contributed by atoms with E-state index in [0.29, 0.717) is 22.5 Å². The van der Waals surface area contributed by atoms with Gasteiger partial charge in [0.15, 0.2) is 0 Å². The van der Waals surface area contributed by atoms with E-state index < -0.39 is 0 Å². The average molecular weight is 249 g/mol. The van der Waals surface area contributed by atoms with E-state index in [1.165, 1.54) is 0 Å². The summed E-state index contributed by atoms with van der Waals surface area (Å²) >= 11 is 3.14. The van der Waals surface area contributed by atoms with Crippen LogP contribution in [0.1, 0.15) is 30.4 Å². The highest BCUT2D eigenvalue weighted by atomic mass is 79.9. The summed E-state index contributed by atoms with van der Waals surface area (Å²) in [5, 5.41) is 6.49. The van der Waals surface area contributed by atoms with Crippen LogP contribution in [0.25, 0.3) is 0 Å². The molecule has 0 bridgehead atoms. The van der Waals surface area contributed by atoms with Gasteiger partial charge in [0, 0.05) is 5.69 Å². The van der Waals surface area contributed by atoms with Crippen molar-refractivity contribution in [2.24, 2.45) is 0 Å². The van der Waals surface area contributed by atoms with E-state index in [0.717, 1.165) is 0 Å². The summed E-state index contributed by atoms with van der Waals surface area (Å²) in [7, 11) is 0. The number of aromatic amines is 1. The lowest BCUT2D eigenvalue weighted by Gasteiger charge is -1.99. The molecule has 1 rings (SSSR count). The highest BCUT2D eigenvalue weighted by Crippen LogP contribution is 2.17. The highest BCUT2D eigenvalue weighted by molar-refractivity contribution is 9.10. The van der Waals surface area contributed by atoms with E-state index in [1.54, 1.807) is 13.8 Å². The zero-order valence-electron chi connectivity index (χ0n) is 6.85. The second kappa shape index (κ2) is 5.01. The van der Waals surface area contributed by atoms with Crippen molar-refractivity contribution < 1.29 is 9.53 Å². The Hall–Kier alpha value is -0.840. The van der Waals surface area contributed by atoms with Gasteiger partial charge in [-0.05, 0) is 29.8 Å². The molecule has 0 atom stereocenters. The standard InChI is InChI=1S/C7H9BrN2O2.CH4/c1-3-12-7(11)5-4(2)9-10-6(5)8;/h3H2,1-2H3,(H,9,10);1H4. The Kier molecular flexibility index (Phi) is 4.69. The molecule has 0 aromatic carbocycles. The maximum atomic E-state index is 11.2. The predicted molar refractivity (Wildman–Crippen MR) is 53.7 cm³/mol. The van der Waals surface area contributed by atoms with Crippen LogP contribution in [0.3, 0.4) is 0 Å². The maximum absolute atomic E-state index is 11.2. The van der Waals surface area contributed by atoms with Gasteiger partial charge in [0.25, 0.3) is 0 Å². The monoisotopic (exact) mass is 248 g/mol. The van der Waals surface area contributed by atoms with Crippen molar-refractivity contribution in [3.05, 3.63) is 15.9 Å². The Labute approximate surface area is 85.8 Å². The number of aryl methyl sites for hydroxylation is 1. The normalized spacial score (nSPS) is 9.15. The molecule has 0 amide bonds. The van der Waals surface area contributed by atoms with Gasteiger partial charge in [-0.15, -0.1) is 0 Å². The summed E-state index contributed by atoms with van der Waals surface area (Å²) in [6.45, 7) is 3.90. The molecule has 74 valence electrons. The van der Waals surface area contributed by atoms with Gasteiger partial charge < -0.3 is 4.74 Å². The molecular weight excluding hydrogens is 236 g/mol. The van der Waals surface area contributed by atoms with Crippen LogP contribution < -0.4 is 0 Å². The van der Waals surface area contributed by atoms with Gasteiger partial charge >= 0.3 is 5.97 Å². The van der Waals surface area contributed by atoms with Crippen LogP contribution in [-0.2, 0) is 4.74 Å². The second-order valence-corrected chi connectivity index (χ2v) is 2.99. The third-order valence-electron chi connectivity index (χ3n) is 1.38. The summed E-state index contributed by atoms with van der Waals surface area (Å²) in [4.78, 5) is 11.2. The molecule has 1 aromatic rings. The van der Waals surface area contributed by atoms with Crippen molar-refractivity contribution in [3.63, 3.8) is 0 Å². The summed E-state index contributed by atoms with van der Waals surface area (Å²) in [6, 6.07) is 0.